The van der Waals surface area contributed by atoms with Crippen LogP contribution in [0.25, 0.3) is 10.9 Å². The van der Waals surface area contributed by atoms with E-state index in [1.807, 2.05) is 24.5 Å². The fourth-order valence-corrected chi connectivity index (χ4v) is 4.65. The summed E-state index contributed by atoms with van der Waals surface area (Å²) in [5, 5.41) is 1.27. The lowest BCUT2D eigenvalue weighted by Crippen LogP contribution is -2.36. The van der Waals surface area contributed by atoms with Crippen molar-refractivity contribution < 1.29 is 9.13 Å². The van der Waals surface area contributed by atoms with Gasteiger partial charge in [0.15, 0.2) is 11.6 Å². The Bertz CT molecular complexity index is 1200. The number of fused-ring (bicyclic) bond motifs is 3. The molecule has 0 saturated carbocycles. The van der Waals surface area contributed by atoms with Crippen LogP contribution < -0.4 is 4.74 Å². The van der Waals surface area contributed by atoms with Crippen LogP contribution in [0.3, 0.4) is 0 Å². The summed E-state index contributed by atoms with van der Waals surface area (Å²) < 4.78 is 21.6. The summed E-state index contributed by atoms with van der Waals surface area (Å²) in [6, 6.07) is 13.6. The highest BCUT2D eigenvalue weighted by molar-refractivity contribution is 5.85. The van der Waals surface area contributed by atoms with E-state index >= 15 is 0 Å². The largest absolute Gasteiger partial charge is 0.494 e. The number of para-hydroxylation sites is 1. The summed E-state index contributed by atoms with van der Waals surface area (Å²) in [6.07, 6.45) is 4.83. The molecule has 5 nitrogen and oxygen atoms in total. The molecule has 0 fully saturated rings. The number of hydrogen-bond donors (Lipinski definition) is 1. The van der Waals surface area contributed by atoms with Crippen molar-refractivity contribution in [3.8, 4) is 5.75 Å². The fraction of sp³-hybridized carbons (Fsp3) is 0.292. The Morgan fingerprint density at radius 1 is 1.23 bits per heavy atom. The Morgan fingerprint density at radius 2 is 2.10 bits per heavy atom. The number of rotatable bonds is 5. The molecular formula is C24H25FN4O. The van der Waals surface area contributed by atoms with Crippen molar-refractivity contribution in [2.75, 3.05) is 13.7 Å². The molecule has 0 aliphatic carbocycles. The molecule has 2 aromatic carbocycles. The molecule has 1 unspecified atom stereocenters. The van der Waals surface area contributed by atoms with Gasteiger partial charge in [-0.15, -0.1) is 0 Å². The second-order valence-electron chi connectivity index (χ2n) is 7.71. The molecule has 30 heavy (non-hydrogen) atoms. The monoisotopic (exact) mass is 404 g/mol. The van der Waals surface area contributed by atoms with Crippen molar-refractivity contribution in [3.63, 3.8) is 0 Å². The maximum absolute atomic E-state index is 14.1. The van der Waals surface area contributed by atoms with Crippen LogP contribution >= 0.6 is 0 Å². The van der Waals surface area contributed by atoms with Gasteiger partial charge in [-0.1, -0.05) is 24.3 Å². The number of aromatic amines is 1. The molecule has 0 bridgehead atoms. The number of aromatic nitrogens is 3. The standard InChI is InChI=1S/C24H25FN4O/c1-3-28-13-11-26-22(28)15-29-12-10-18-17-6-4-5-7-20(17)27-23(18)24(29)16-8-9-19(25)21(14-16)30-2/h4-9,11,13-14,24,27H,3,10,12,15H2,1-2H3. The van der Waals surface area contributed by atoms with Crippen LogP contribution in [0.15, 0.2) is 54.9 Å². The average Bonchev–Trinajstić information content (AvgIpc) is 3.38. The lowest BCUT2D eigenvalue weighted by atomic mass is 9.92. The molecule has 4 aromatic rings. The summed E-state index contributed by atoms with van der Waals surface area (Å²) in [5.74, 6) is 0.962. The van der Waals surface area contributed by atoms with E-state index in [1.54, 1.807) is 0 Å². The molecule has 6 heteroatoms. The Balaban J connectivity index is 1.64. The van der Waals surface area contributed by atoms with Crippen LogP contribution in [-0.4, -0.2) is 33.1 Å². The first-order valence-electron chi connectivity index (χ1n) is 10.4. The first-order chi connectivity index (χ1) is 14.7. The van der Waals surface area contributed by atoms with Crippen LogP contribution in [0, 0.1) is 5.82 Å². The van der Waals surface area contributed by atoms with E-state index in [0.29, 0.717) is 0 Å². The number of benzene rings is 2. The quantitative estimate of drug-likeness (QED) is 0.525. The van der Waals surface area contributed by atoms with Crippen molar-refractivity contribution >= 4 is 10.9 Å². The third kappa shape index (κ3) is 3.08. The minimum Gasteiger partial charge on any atom is -0.494 e. The molecule has 5 rings (SSSR count). The number of halogens is 1. The number of hydrogen-bond acceptors (Lipinski definition) is 3. The number of imidazole rings is 1. The third-order valence-electron chi connectivity index (χ3n) is 6.11. The number of aryl methyl sites for hydroxylation is 1. The van der Waals surface area contributed by atoms with Crippen molar-refractivity contribution in [2.24, 2.45) is 0 Å². The molecular weight excluding hydrogens is 379 g/mol. The topological polar surface area (TPSA) is 46.1 Å². The molecule has 1 aliphatic heterocycles. The molecule has 0 radical (unpaired) electrons. The van der Waals surface area contributed by atoms with Crippen molar-refractivity contribution in [3.05, 3.63) is 83.3 Å². The van der Waals surface area contributed by atoms with Crippen molar-refractivity contribution in [2.45, 2.75) is 32.5 Å². The van der Waals surface area contributed by atoms with E-state index in [4.69, 9.17) is 4.74 Å². The van der Waals surface area contributed by atoms with Gasteiger partial charge < -0.3 is 14.3 Å². The van der Waals surface area contributed by atoms with E-state index in [9.17, 15) is 4.39 Å². The fourth-order valence-electron chi connectivity index (χ4n) is 4.65. The normalized spacial score (nSPS) is 16.7. The van der Waals surface area contributed by atoms with Gasteiger partial charge in [-0.05, 0) is 42.7 Å². The molecule has 1 N–H and O–H groups in total. The highest BCUT2D eigenvalue weighted by Crippen LogP contribution is 2.40. The predicted molar refractivity (Wildman–Crippen MR) is 115 cm³/mol. The van der Waals surface area contributed by atoms with Crippen LogP contribution in [0.1, 0.15) is 35.6 Å². The number of ether oxygens (including phenoxy) is 1. The lowest BCUT2D eigenvalue weighted by molar-refractivity contribution is 0.194. The first kappa shape index (κ1) is 18.9. The Labute approximate surface area is 175 Å². The van der Waals surface area contributed by atoms with Crippen LogP contribution in [-0.2, 0) is 19.5 Å². The second-order valence-corrected chi connectivity index (χ2v) is 7.71. The summed E-state index contributed by atoms with van der Waals surface area (Å²) in [7, 11) is 1.51. The maximum Gasteiger partial charge on any atom is 0.165 e. The minimum absolute atomic E-state index is 0.0299. The molecule has 1 atom stereocenters. The van der Waals surface area contributed by atoms with Crippen molar-refractivity contribution in [1.29, 1.82) is 0 Å². The van der Waals surface area contributed by atoms with Gasteiger partial charge in [0.05, 0.1) is 19.7 Å². The van der Waals surface area contributed by atoms with E-state index in [1.165, 1.54) is 29.8 Å². The molecule has 0 spiro atoms. The summed E-state index contributed by atoms with van der Waals surface area (Å²) in [5.41, 5.74) is 4.66. The number of nitrogens with one attached hydrogen (secondary N) is 1. The predicted octanol–water partition coefficient (Wildman–Crippen LogP) is 4.68. The molecule has 1 aliphatic rings. The van der Waals surface area contributed by atoms with Crippen LogP contribution in [0.4, 0.5) is 4.39 Å². The Hall–Kier alpha value is -3.12. The zero-order chi connectivity index (χ0) is 20.7. The maximum atomic E-state index is 14.1. The Morgan fingerprint density at radius 3 is 2.93 bits per heavy atom. The summed E-state index contributed by atoms with van der Waals surface area (Å²) in [6.45, 7) is 4.63. The van der Waals surface area contributed by atoms with Gasteiger partial charge in [0.2, 0.25) is 0 Å². The van der Waals surface area contributed by atoms with Gasteiger partial charge in [0.1, 0.15) is 5.82 Å². The van der Waals surface area contributed by atoms with E-state index in [2.05, 4.69) is 50.6 Å². The second kappa shape index (κ2) is 7.61. The molecule has 0 saturated heterocycles. The first-order valence-corrected chi connectivity index (χ1v) is 10.4. The molecule has 2 aromatic heterocycles. The molecule has 154 valence electrons. The van der Waals surface area contributed by atoms with Gasteiger partial charge >= 0.3 is 0 Å². The van der Waals surface area contributed by atoms with E-state index in [-0.39, 0.29) is 17.6 Å². The SMILES string of the molecule is CCn1ccnc1CN1CCc2c([nH]c3ccccc23)C1c1ccc(F)c(OC)c1. The van der Waals surface area contributed by atoms with E-state index < -0.39 is 0 Å². The van der Waals surface area contributed by atoms with Gasteiger partial charge in [0, 0.05) is 42.1 Å². The van der Waals surface area contributed by atoms with Crippen LogP contribution in [0.5, 0.6) is 5.75 Å². The highest BCUT2D eigenvalue weighted by atomic mass is 19.1. The van der Waals surface area contributed by atoms with Gasteiger partial charge in [-0.2, -0.15) is 0 Å². The number of nitrogens with zero attached hydrogens (tertiary/aromatic N) is 3. The van der Waals surface area contributed by atoms with Crippen molar-refractivity contribution in [1.82, 2.24) is 19.4 Å². The van der Waals surface area contributed by atoms with Gasteiger partial charge in [-0.25, -0.2) is 9.37 Å². The zero-order valence-electron chi connectivity index (χ0n) is 17.2. The number of H-pyrrole nitrogens is 1. The molecule has 3 heterocycles. The van der Waals surface area contributed by atoms with Gasteiger partial charge in [0.25, 0.3) is 0 Å². The minimum atomic E-state index is -0.345. The third-order valence-corrected chi connectivity index (χ3v) is 6.11. The summed E-state index contributed by atoms with van der Waals surface area (Å²) in [4.78, 5) is 10.6. The smallest absolute Gasteiger partial charge is 0.165 e. The van der Waals surface area contributed by atoms with E-state index in [0.717, 1.165) is 43.0 Å². The Kier molecular flexibility index (Phi) is 4.79. The van der Waals surface area contributed by atoms with Crippen LogP contribution in [0.2, 0.25) is 0 Å². The summed E-state index contributed by atoms with van der Waals surface area (Å²) >= 11 is 0. The van der Waals surface area contributed by atoms with Gasteiger partial charge in [-0.3, -0.25) is 4.90 Å². The average molecular weight is 404 g/mol. The lowest BCUT2D eigenvalue weighted by Gasteiger charge is -2.36. The zero-order valence-corrected chi connectivity index (χ0v) is 17.2. The molecule has 0 amide bonds. The highest BCUT2D eigenvalue weighted by Gasteiger charge is 2.32. The number of methoxy groups -OCH3 is 1.